The van der Waals surface area contributed by atoms with Crippen LogP contribution in [0.25, 0.3) is 0 Å². The topological polar surface area (TPSA) is 59.8 Å². The van der Waals surface area contributed by atoms with Crippen molar-refractivity contribution in [3.8, 4) is 0 Å². The number of hydrogen-bond acceptors (Lipinski definition) is 3. The minimum Gasteiger partial charge on any atom is -0.356 e. The van der Waals surface area contributed by atoms with Crippen LogP contribution in [0.3, 0.4) is 0 Å². The fourth-order valence-corrected chi connectivity index (χ4v) is 3.34. The maximum Gasteiger partial charge on any atom is 0.220 e. The Morgan fingerprint density at radius 1 is 1.39 bits per heavy atom. The van der Waals surface area contributed by atoms with Crippen molar-refractivity contribution in [2.45, 2.75) is 51.5 Å². The van der Waals surface area contributed by atoms with Gasteiger partial charge in [-0.2, -0.15) is 0 Å². The summed E-state index contributed by atoms with van der Waals surface area (Å²) in [7, 11) is 0. The van der Waals surface area contributed by atoms with E-state index in [1.807, 2.05) is 4.57 Å². The Bertz CT molecular complexity index is 677. The average molecular weight is 312 g/mol. The molecule has 23 heavy (non-hydrogen) atoms. The fraction of sp³-hybridized carbons (Fsp3) is 0.500. The van der Waals surface area contributed by atoms with E-state index < -0.39 is 0 Å². The Morgan fingerprint density at radius 3 is 3.04 bits per heavy atom. The molecule has 122 valence electrons. The number of nitrogens with zero attached hydrogens (tertiary/aromatic N) is 3. The molecule has 5 heteroatoms. The first-order valence-electron chi connectivity index (χ1n) is 8.38. The lowest BCUT2D eigenvalue weighted by Crippen LogP contribution is -2.27. The molecule has 0 fully saturated rings. The van der Waals surface area contributed by atoms with Gasteiger partial charge in [-0.25, -0.2) is 0 Å². The first-order valence-corrected chi connectivity index (χ1v) is 8.38. The fourth-order valence-electron chi connectivity index (χ4n) is 3.34. The van der Waals surface area contributed by atoms with Crippen LogP contribution in [0.1, 0.15) is 55.6 Å². The standard InChI is InChI=1S/C18H24N4O/c1-13(2)22-12-20-21-17(22)9-10-19-18(23)11-15-8-7-14-5-3-4-6-16(14)15/h3-6,12-13,15H,7-11H2,1-2H3,(H,19,23)/t15-/m0/s1. The third-order valence-electron chi connectivity index (χ3n) is 4.56. The van der Waals surface area contributed by atoms with Gasteiger partial charge in [0.15, 0.2) is 0 Å². The highest BCUT2D eigenvalue weighted by atomic mass is 16.1. The number of fused-ring (bicyclic) bond motifs is 1. The zero-order valence-electron chi connectivity index (χ0n) is 13.8. The molecular formula is C18H24N4O. The van der Waals surface area contributed by atoms with Crippen LogP contribution in [0.4, 0.5) is 0 Å². The van der Waals surface area contributed by atoms with Gasteiger partial charge in [0.05, 0.1) is 0 Å². The third kappa shape index (κ3) is 3.60. The van der Waals surface area contributed by atoms with Crippen molar-refractivity contribution in [3.63, 3.8) is 0 Å². The highest BCUT2D eigenvalue weighted by Gasteiger charge is 2.24. The molecule has 1 aromatic heterocycles. The predicted molar refractivity (Wildman–Crippen MR) is 89.2 cm³/mol. The van der Waals surface area contributed by atoms with E-state index in [0.717, 1.165) is 18.7 Å². The summed E-state index contributed by atoms with van der Waals surface area (Å²) >= 11 is 0. The summed E-state index contributed by atoms with van der Waals surface area (Å²) in [4.78, 5) is 12.2. The van der Waals surface area contributed by atoms with Crippen molar-refractivity contribution < 1.29 is 4.79 Å². The summed E-state index contributed by atoms with van der Waals surface area (Å²) in [5.74, 6) is 1.42. The average Bonchev–Trinajstić information content (AvgIpc) is 3.15. The van der Waals surface area contributed by atoms with Crippen molar-refractivity contribution in [2.75, 3.05) is 6.54 Å². The number of aryl methyl sites for hydroxylation is 1. The minimum absolute atomic E-state index is 0.127. The highest BCUT2D eigenvalue weighted by molar-refractivity contribution is 5.77. The zero-order chi connectivity index (χ0) is 16.2. The molecule has 0 radical (unpaired) electrons. The molecule has 1 aliphatic rings. The van der Waals surface area contributed by atoms with E-state index in [9.17, 15) is 4.79 Å². The molecule has 0 unspecified atom stereocenters. The molecule has 0 aliphatic heterocycles. The van der Waals surface area contributed by atoms with E-state index in [1.54, 1.807) is 6.33 Å². The second-order valence-electron chi connectivity index (χ2n) is 6.49. The Morgan fingerprint density at radius 2 is 2.22 bits per heavy atom. The van der Waals surface area contributed by atoms with Crippen molar-refractivity contribution in [1.82, 2.24) is 20.1 Å². The lowest BCUT2D eigenvalue weighted by Gasteiger charge is -2.13. The van der Waals surface area contributed by atoms with Gasteiger partial charge in [0.1, 0.15) is 12.2 Å². The molecule has 5 nitrogen and oxygen atoms in total. The van der Waals surface area contributed by atoms with Crippen LogP contribution in [0, 0.1) is 0 Å². The molecule has 0 saturated heterocycles. The molecule has 1 aromatic carbocycles. The molecule has 0 spiro atoms. The molecule has 1 N–H and O–H groups in total. The summed E-state index contributed by atoms with van der Waals surface area (Å²) in [6.07, 6.45) is 5.20. The lowest BCUT2D eigenvalue weighted by atomic mass is 9.97. The Hall–Kier alpha value is -2.17. The van der Waals surface area contributed by atoms with Gasteiger partial charge in [-0.05, 0) is 43.7 Å². The van der Waals surface area contributed by atoms with E-state index in [2.05, 4.69) is 53.6 Å². The zero-order valence-corrected chi connectivity index (χ0v) is 13.8. The van der Waals surface area contributed by atoms with Crippen LogP contribution in [0.15, 0.2) is 30.6 Å². The number of nitrogens with one attached hydrogen (secondary N) is 1. The maximum absolute atomic E-state index is 12.2. The smallest absolute Gasteiger partial charge is 0.220 e. The second-order valence-corrected chi connectivity index (χ2v) is 6.49. The first-order chi connectivity index (χ1) is 11.1. The minimum atomic E-state index is 0.127. The molecular weight excluding hydrogens is 288 g/mol. The van der Waals surface area contributed by atoms with Gasteiger partial charge in [0.25, 0.3) is 0 Å². The summed E-state index contributed by atoms with van der Waals surface area (Å²) < 4.78 is 2.04. The van der Waals surface area contributed by atoms with Crippen LogP contribution in [0.2, 0.25) is 0 Å². The molecule has 1 heterocycles. The Kier molecular flexibility index (Phi) is 4.74. The van der Waals surface area contributed by atoms with Crippen LogP contribution in [0.5, 0.6) is 0 Å². The molecule has 1 aliphatic carbocycles. The van der Waals surface area contributed by atoms with Crippen LogP contribution >= 0.6 is 0 Å². The second kappa shape index (κ2) is 6.94. The Balaban J connectivity index is 1.48. The summed E-state index contributed by atoms with van der Waals surface area (Å²) in [6, 6.07) is 8.81. The molecule has 1 atom stereocenters. The molecule has 0 bridgehead atoms. The normalized spacial score (nSPS) is 16.6. The number of rotatable bonds is 6. The summed E-state index contributed by atoms with van der Waals surface area (Å²) in [6.45, 7) is 4.81. The van der Waals surface area contributed by atoms with E-state index in [1.165, 1.54) is 11.1 Å². The number of benzene rings is 1. The summed E-state index contributed by atoms with van der Waals surface area (Å²) in [5.41, 5.74) is 2.75. The van der Waals surface area contributed by atoms with Crippen molar-refractivity contribution in [3.05, 3.63) is 47.5 Å². The SMILES string of the molecule is CC(C)n1cnnc1CCNC(=O)C[C@@H]1CCc2ccccc21. The van der Waals surface area contributed by atoms with E-state index in [4.69, 9.17) is 0 Å². The number of hydrogen-bond donors (Lipinski definition) is 1. The van der Waals surface area contributed by atoms with Crippen molar-refractivity contribution in [1.29, 1.82) is 0 Å². The van der Waals surface area contributed by atoms with Crippen molar-refractivity contribution >= 4 is 5.91 Å². The quantitative estimate of drug-likeness (QED) is 0.892. The lowest BCUT2D eigenvalue weighted by molar-refractivity contribution is -0.121. The van der Waals surface area contributed by atoms with Crippen LogP contribution in [-0.2, 0) is 17.6 Å². The van der Waals surface area contributed by atoms with E-state index >= 15 is 0 Å². The largest absolute Gasteiger partial charge is 0.356 e. The number of amides is 1. The number of aromatic nitrogens is 3. The maximum atomic E-state index is 12.2. The van der Waals surface area contributed by atoms with Gasteiger partial charge >= 0.3 is 0 Å². The molecule has 2 aromatic rings. The van der Waals surface area contributed by atoms with E-state index in [0.29, 0.717) is 31.3 Å². The van der Waals surface area contributed by atoms with Crippen LogP contribution in [-0.4, -0.2) is 27.2 Å². The van der Waals surface area contributed by atoms with Gasteiger partial charge in [0.2, 0.25) is 5.91 Å². The third-order valence-corrected chi connectivity index (χ3v) is 4.56. The predicted octanol–water partition coefficient (Wildman–Crippen LogP) is 2.64. The van der Waals surface area contributed by atoms with Crippen LogP contribution < -0.4 is 5.32 Å². The number of carbonyl (C=O) groups is 1. The van der Waals surface area contributed by atoms with Gasteiger partial charge in [-0.3, -0.25) is 4.79 Å². The molecule has 3 rings (SSSR count). The Labute approximate surface area is 137 Å². The molecule has 1 amide bonds. The highest BCUT2D eigenvalue weighted by Crippen LogP contribution is 2.34. The van der Waals surface area contributed by atoms with E-state index in [-0.39, 0.29) is 5.91 Å². The molecule has 0 saturated carbocycles. The number of carbonyl (C=O) groups excluding carboxylic acids is 1. The van der Waals surface area contributed by atoms with Gasteiger partial charge in [0, 0.05) is 25.4 Å². The van der Waals surface area contributed by atoms with Crippen molar-refractivity contribution in [2.24, 2.45) is 0 Å². The monoisotopic (exact) mass is 312 g/mol. The summed E-state index contributed by atoms with van der Waals surface area (Å²) in [5, 5.41) is 11.1. The van der Waals surface area contributed by atoms with Gasteiger partial charge in [-0.1, -0.05) is 24.3 Å². The van der Waals surface area contributed by atoms with Gasteiger partial charge < -0.3 is 9.88 Å². The van der Waals surface area contributed by atoms with Gasteiger partial charge in [-0.15, -0.1) is 10.2 Å². The first kappa shape index (κ1) is 15.7.